The zero-order valence-electron chi connectivity index (χ0n) is 19.6. The molecule has 0 spiro atoms. The highest BCUT2D eigenvalue weighted by atomic mass is 32.2. The van der Waals surface area contributed by atoms with Gasteiger partial charge in [-0.05, 0) is 40.7 Å². The zero-order chi connectivity index (χ0) is 25.0. The number of nitrogens with zero attached hydrogens (tertiary/aromatic N) is 1. The maximum atomic E-state index is 13.1. The number of nitrogens with one attached hydrogen (secondary N) is 1. The minimum absolute atomic E-state index is 0.0474. The van der Waals surface area contributed by atoms with Crippen LogP contribution in [0.15, 0.2) is 48.5 Å². The van der Waals surface area contributed by atoms with Crippen molar-refractivity contribution in [3.63, 3.8) is 0 Å². The fourth-order valence-electron chi connectivity index (χ4n) is 4.81. The number of ether oxygens (including phenoxy) is 1. The topological polar surface area (TPSA) is 116 Å². The summed E-state index contributed by atoms with van der Waals surface area (Å²) in [5.74, 6) is -0.989. The number of likely N-dealkylation sites (tertiary alicyclic amines) is 1. The SMILES string of the molecule is CSCCC(NC(=O)OCC1c2ccccc2-c2ccccc21)C(=O)N1CCC(O)(C(=O)O)CC1. The van der Waals surface area contributed by atoms with Crippen LogP contribution in [0.4, 0.5) is 4.79 Å². The summed E-state index contributed by atoms with van der Waals surface area (Å²) >= 11 is 1.56. The lowest BCUT2D eigenvalue weighted by Crippen LogP contribution is -2.55. The number of thioether (sulfide) groups is 1. The maximum Gasteiger partial charge on any atom is 0.407 e. The predicted molar refractivity (Wildman–Crippen MR) is 133 cm³/mol. The van der Waals surface area contributed by atoms with Gasteiger partial charge in [-0.15, -0.1) is 0 Å². The first-order chi connectivity index (χ1) is 16.8. The Labute approximate surface area is 208 Å². The Bertz CT molecular complexity index is 1050. The Morgan fingerprint density at radius 1 is 1.09 bits per heavy atom. The van der Waals surface area contributed by atoms with Crippen molar-refractivity contribution in [2.45, 2.75) is 36.8 Å². The zero-order valence-corrected chi connectivity index (χ0v) is 20.4. The highest BCUT2D eigenvalue weighted by molar-refractivity contribution is 7.98. The Kier molecular flexibility index (Phi) is 7.66. The largest absolute Gasteiger partial charge is 0.479 e. The summed E-state index contributed by atoms with van der Waals surface area (Å²) in [5, 5.41) is 22.1. The molecule has 0 saturated carbocycles. The number of amides is 2. The first kappa shape index (κ1) is 25.1. The van der Waals surface area contributed by atoms with E-state index in [2.05, 4.69) is 17.4 Å². The van der Waals surface area contributed by atoms with E-state index in [-0.39, 0.29) is 44.4 Å². The van der Waals surface area contributed by atoms with Crippen LogP contribution in [0.5, 0.6) is 0 Å². The summed E-state index contributed by atoms with van der Waals surface area (Å²) in [5.41, 5.74) is 2.67. The van der Waals surface area contributed by atoms with Gasteiger partial charge in [0.15, 0.2) is 5.60 Å². The molecule has 0 radical (unpaired) electrons. The van der Waals surface area contributed by atoms with Crippen molar-refractivity contribution in [3.05, 3.63) is 59.7 Å². The second-order valence-electron chi connectivity index (χ2n) is 8.97. The number of aliphatic hydroxyl groups is 1. The highest BCUT2D eigenvalue weighted by Gasteiger charge is 2.41. The number of hydrogen-bond acceptors (Lipinski definition) is 6. The van der Waals surface area contributed by atoms with E-state index in [1.807, 2.05) is 42.7 Å². The summed E-state index contributed by atoms with van der Waals surface area (Å²) in [6.07, 6.45) is 1.58. The third-order valence-electron chi connectivity index (χ3n) is 6.84. The molecule has 2 aromatic carbocycles. The normalized spacial score (nSPS) is 17.3. The Balaban J connectivity index is 1.39. The van der Waals surface area contributed by atoms with Crippen molar-refractivity contribution in [1.29, 1.82) is 0 Å². The second-order valence-corrected chi connectivity index (χ2v) is 9.95. The van der Waals surface area contributed by atoms with Crippen LogP contribution in [0.2, 0.25) is 0 Å². The molecule has 2 aliphatic rings. The summed E-state index contributed by atoms with van der Waals surface area (Å²) in [7, 11) is 0. The van der Waals surface area contributed by atoms with Gasteiger partial charge in [-0.2, -0.15) is 11.8 Å². The fraction of sp³-hybridized carbons (Fsp3) is 0.423. The molecule has 1 aliphatic carbocycles. The van der Waals surface area contributed by atoms with E-state index in [9.17, 15) is 24.6 Å². The molecular formula is C26H30N2O6S. The summed E-state index contributed by atoms with van der Waals surface area (Å²) in [6.45, 7) is 0.381. The quantitative estimate of drug-likeness (QED) is 0.512. The number of hydrogen-bond donors (Lipinski definition) is 3. The van der Waals surface area contributed by atoms with E-state index in [0.29, 0.717) is 12.2 Å². The number of rotatable bonds is 8. The Morgan fingerprint density at radius 2 is 1.66 bits per heavy atom. The molecule has 4 rings (SSSR count). The molecule has 1 unspecified atom stereocenters. The first-order valence-electron chi connectivity index (χ1n) is 11.7. The van der Waals surface area contributed by atoms with Gasteiger partial charge in [0.05, 0.1) is 0 Å². The summed E-state index contributed by atoms with van der Waals surface area (Å²) in [4.78, 5) is 38.7. The van der Waals surface area contributed by atoms with Crippen LogP contribution >= 0.6 is 11.8 Å². The molecule has 0 bridgehead atoms. The predicted octanol–water partition coefficient (Wildman–Crippen LogP) is 3.08. The molecule has 35 heavy (non-hydrogen) atoms. The van der Waals surface area contributed by atoms with E-state index in [1.54, 1.807) is 11.8 Å². The molecule has 186 valence electrons. The third kappa shape index (κ3) is 5.31. The average Bonchev–Trinajstić information content (AvgIpc) is 3.19. The van der Waals surface area contributed by atoms with Gasteiger partial charge in [-0.25, -0.2) is 9.59 Å². The molecule has 8 nitrogen and oxygen atoms in total. The number of carboxylic acid groups (broad SMARTS) is 1. The first-order valence-corrected chi connectivity index (χ1v) is 13.1. The molecule has 9 heteroatoms. The van der Waals surface area contributed by atoms with Crippen LogP contribution in [-0.4, -0.2) is 76.4 Å². The molecule has 1 aliphatic heterocycles. The molecule has 1 fully saturated rings. The van der Waals surface area contributed by atoms with Gasteiger partial charge >= 0.3 is 12.1 Å². The smallest absolute Gasteiger partial charge is 0.407 e. The van der Waals surface area contributed by atoms with Gasteiger partial charge in [-0.3, -0.25) is 4.79 Å². The number of piperidine rings is 1. The van der Waals surface area contributed by atoms with Gasteiger partial charge in [0.25, 0.3) is 0 Å². The molecule has 1 atom stereocenters. The lowest BCUT2D eigenvalue weighted by atomic mass is 9.91. The van der Waals surface area contributed by atoms with Crippen LogP contribution in [0.25, 0.3) is 11.1 Å². The van der Waals surface area contributed by atoms with Crippen molar-refractivity contribution >= 4 is 29.7 Å². The molecule has 0 aromatic heterocycles. The van der Waals surface area contributed by atoms with Gasteiger partial charge in [-0.1, -0.05) is 48.5 Å². The Morgan fingerprint density at radius 3 is 2.20 bits per heavy atom. The van der Waals surface area contributed by atoms with Crippen molar-refractivity contribution in [2.24, 2.45) is 0 Å². The summed E-state index contributed by atoms with van der Waals surface area (Å²) < 4.78 is 5.61. The number of benzene rings is 2. The van der Waals surface area contributed by atoms with Crippen LogP contribution < -0.4 is 5.32 Å². The molecule has 3 N–H and O–H groups in total. The number of aliphatic carboxylic acids is 1. The number of fused-ring (bicyclic) bond motifs is 3. The fourth-order valence-corrected chi connectivity index (χ4v) is 5.28. The third-order valence-corrected chi connectivity index (χ3v) is 7.49. The lowest BCUT2D eigenvalue weighted by Gasteiger charge is -2.37. The minimum atomic E-state index is -1.81. The lowest BCUT2D eigenvalue weighted by molar-refractivity contribution is -0.165. The van der Waals surface area contributed by atoms with Crippen LogP contribution in [-0.2, 0) is 14.3 Å². The number of carbonyl (C=O) groups excluding carboxylic acids is 2. The van der Waals surface area contributed by atoms with Crippen molar-refractivity contribution in [1.82, 2.24) is 10.2 Å². The van der Waals surface area contributed by atoms with Crippen LogP contribution in [0.1, 0.15) is 36.3 Å². The average molecular weight is 499 g/mol. The van der Waals surface area contributed by atoms with Gasteiger partial charge in [0.2, 0.25) is 5.91 Å². The van der Waals surface area contributed by atoms with E-state index in [0.717, 1.165) is 22.3 Å². The van der Waals surface area contributed by atoms with Crippen molar-refractivity contribution in [3.8, 4) is 11.1 Å². The van der Waals surface area contributed by atoms with E-state index < -0.39 is 23.7 Å². The van der Waals surface area contributed by atoms with Crippen molar-refractivity contribution < 1.29 is 29.3 Å². The van der Waals surface area contributed by atoms with E-state index >= 15 is 0 Å². The molecule has 1 saturated heterocycles. The standard InChI is InChI=1S/C26H30N2O6S/c1-35-15-10-22(23(29)28-13-11-26(33,12-14-28)24(30)31)27-25(32)34-16-21-19-8-4-2-6-17(19)18-7-3-5-9-20(18)21/h2-9,21-22,33H,10-16H2,1H3,(H,27,32)(H,30,31). The van der Waals surface area contributed by atoms with E-state index in [4.69, 9.17) is 4.74 Å². The van der Waals surface area contributed by atoms with Crippen molar-refractivity contribution in [2.75, 3.05) is 31.7 Å². The minimum Gasteiger partial charge on any atom is -0.479 e. The van der Waals surface area contributed by atoms with E-state index in [1.165, 1.54) is 4.90 Å². The van der Waals surface area contributed by atoms with Gasteiger partial charge in [0.1, 0.15) is 12.6 Å². The van der Waals surface area contributed by atoms with Gasteiger partial charge < -0.3 is 25.2 Å². The highest BCUT2D eigenvalue weighted by Crippen LogP contribution is 2.44. The van der Waals surface area contributed by atoms with Crippen LogP contribution in [0.3, 0.4) is 0 Å². The second kappa shape index (κ2) is 10.7. The summed E-state index contributed by atoms with van der Waals surface area (Å²) in [6, 6.07) is 15.4. The maximum absolute atomic E-state index is 13.1. The molecule has 1 heterocycles. The Hall–Kier alpha value is -3.04. The van der Waals surface area contributed by atoms with Crippen LogP contribution in [0, 0.1) is 0 Å². The molecule has 2 amide bonds. The molecular weight excluding hydrogens is 468 g/mol. The molecule has 2 aromatic rings. The number of carboxylic acids is 1. The number of carbonyl (C=O) groups is 3. The number of alkyl carbamates (subject to hydrolysis) is 1. The monoisotopic (exact) mass is 498 g/mol. The van der Waals surface area contributed by atoms with Gasteiger partial charge in [0, 0.05) is 31.8 Å².